The molecule has 23 heavy (non-hydrogen) atoms. The lowest BCUT2D eigenvalue weighted by Crippen LogP contribution is -2.40. The molecule has 7 nitrogen and oxygen atoms in total. The SMILES string of the molecule is CC(C)(C)OC(=O)N1CC=CCC1c1ccc([N+](=O)[O-])c(N)c1. The lowest BCUT2D eigenvalue weighted by molar-refractivity contribution is -0.383. The summed E-state index contributed by atoms with van der Waals surface area (Å²) in [5, 5.41) is 10.9. The number of rotatable bonds is 2. The van der Waals surface area contributed by atoms with Crippen molar-refractivity contribution in [2.45, 2.75) is 38.8 Å². The van der Waals surface area contributed by atoms with Gasteiger partial charge in [-0.2, -0.15) is 0 Å². The van der Waals surface area contributed by atoms with Crippen molar-refractivity contribution in [3.8, 4) is 0 Å². The van der Waals surface area contributed by atoms with Gasteiger partial charge in [0.05, 0.1) is 11.0 Å². The van der Waals surface area contributed by atoms with Crippen LogP contribution in [0.15, 0.2) is 30.4 Å². The second kappa shape index (κ2) is 6.28. The Hall–Kier alpha value is -2.57. The third-order valence-electron chi connectivity index (χ3n) is 3.47. The first-order chi connectivity index (χ1) is 10.7. The highest BCUT2D eigenvalue weighted by Crippen LogP contribution is 2.33. The average molecular weight is 319 g/mol. The highest BCUT2D eigenvalue weighted by atomic mass is 16.6. The van der Waals surface area contributed by atoms with Gasteiger partial charge in [-0.15, -0.1) is 0 Å². The number of nitrogens with two attached hydrogens (primary N) is 1. The maximum absolute atomic E-state index is 12.4. The minimum atomic E-state index is -0.586. The van der Waals surface area contributed by atoms with Crippen LogP contribution in [0.1, 0.15) is 38.8 Å². The lowest BCUT2D eigenvalue weighted by Gasteiger charge is -2.34. The fourth-order valence-corrected chi connectivity index (χ4v) is 2.45. The van der Waals surface area contributed by atoms with E-state index in [1.165, 1.54) is 6.07 Å². The standard InChI is InChI=1S/C16H21N3O4/c1-16(2,3)23-15(20)18-9-5-4-6-13(18)11-7-8-14(19(21)22)12(17)10-11/h4-5,7-8,10,13H,6,9,17H2,1-3H3. The molecule has 1 aliphatic rings. The molecule has 1 heterocycles. The maximum atomic E-state index is 12.4. The maximum Gasteiger partial charge on any atom is 0.411 e. The molecule has 0 saturated carbocycles. The Labute approximate surface area is 134 Å². The Morgan fingerprint density at radius 1 is 1.39 bits per heavy atom. The summed E-state index contributed by atoms with van der Waals surface area (Å²) in [6.07, 6.45) is 4.07. The number of hydrogen-bond donors (Lipinski definition) is 1. The van der Waals surface area contributed by atoms with Crippen LogP contribution in [0.3, 0.4) is 0 Å². The molecule has 0 radical (unpaired) electrons. The summed E-state index contributed by atoms with van der Waals surface area (Å²) in [5.74, 6) is 0. The van der Waals surface area contributed by atoms with Crippen molar-refractivity contribution in [3.05, 3.63) is 46.0 Å². The second-order valence-corrected chi connectivity index (χ2v) is 6.43. The zero-order valence-electron chi connectivity index (χ0n) is 13.5. The largest absolute Gasteiger partial charge is 0.444 e. The zero-order chi connectivity index (χ0) is 17.2. The number of carbonyl (C=O) groups excluding carboxylic acids is 1. The number of nitro groups is 1. The van der Waals surface area contributed by atoms with E-state index in [1.54, 1.807) is 17.0 Å². The molecular weight excluding hydrogens is 298 g/mol. The molecule has 124 valence electrons. The first-order valence-electron chi connectivity index (χ1n) is 7.37. The monoisotopic (exact) mass is 319 g/mol. The van der Waals surface area contributed by atoms with Crippen LogP contribution in [0.2, 0.25) is 0 Å². The molecule has 2 rings (SSSR count). The number of hydrogen-bond acceptors (Lipinski definition) is 5. The van der Waals surface area contributed by atoms with Crippen molar-refractivity contribution in [3.63, 3.8) is 0 Å². The van der Waals surface area contributed by atoms with Crippen LogP contribution in [-0.2, 0) is 4.74 Å². The summed E-state index contributed by atoms with van der Waals surface area (Å²) in [4.78, 5) is 24.3. The van der Waals surface area contributed by atoms with Gasteiger partial charge in [-0.1, -0.05) is 12.2 Å². The third-order valence-corrected chi connectivity index (χ3v) is 3.47. The fraction of sp³-hybridized carbons (Fsp3) is 0.438. The van der Waals surface area contributed by atoms with Gasteiger partial charge in [-0.05, 0) is 44.9 Å². The molecule has 2 N–H and O–H groups in total. The Kier molecular flexibility index (Phi) is 4.58. The van der Waals surface area contributed by atoms with Gasteiger partial charge in [0, 0.05) is 12.6 Å². The predicted molar refractivity (Wildman–Crippen MR) is 86.9 cm³/mol. The molecule has 7 heteroatoms. The van der Waals surface area contributed by atoms with Crippen LogP contribution < -0.4 is 5.73 Å². The number of carbonyl (C=O) groups is 1. The molecule has 0 fully saturated rings. The molecule has 0 spiro atoms. The number of benzene rings is 1. The van der Waals surface area contributed by atoms with Crippen LogP contribution in [-0.4, -0.2) is 28.1 Å². The van der Waals surface area contributed by atoms with Crippen LogP contribution >= 0.6 is 0 Å². The van der Waals surface area contributed by atoms with Crippen molar-refractivity contribution in [2.75, 3.05) is 12.3 Å². The average Bonchev–Trinajstić information content (AvgIpc) is 2.45. The number of nitrogens with zero attached hydrogens (tertiary/aromatic N) is 2. The molecule has 0 aliphatic carbocycles. The van der Waals surface area contributed by atoms with Crippen LogP contribution in [0.4, 0.5) is 16.2 Å². The van der Waals surface area contributed by atoms with Gasteiger partial charge < -0.3 is 10.5 Å². The van der Waals surface area contributed by atoms with Crippen molar-refractivity contribution < 1.29 is 14.5 Å². The second-order valence-electron chi connectivity index (χ2n) is 6.43. The van der Waals surface area contributed by atoms with Crippen LogP contribution in [0, 0.1) is 10.1 Å². The fourth-order valence-electron chi connectivity index (χ4n) is 2.45. The highest BCUT2D eigenvalue weighted by Gasteiger charge is 2.30. The predicted octanol–water partition coefficient (Wildman–Crippen LogP) is 3.42. The van der Waals surface area contributed by atoms with Crippen LogP contribution in [0.25, 0.3) is 0 Å². The minimum absolute atomic E-state index is 0.0891. The molecule has 1 unspecified atom stereocenters. The summed E-state index contributed by atoms with van der Waals surface area (Å²) in [6, 6.07) is 4.31. The Morgan fingerprint density at radius 2 is 2.09 bits per heavy atom. The number of anilines is 1. The number of amides is 1. The molecule has 0 saturated heterocycles. The van der Waals surface area contributed by atoms with Crippen LogP contribution in [0.5, 0.6) is 0 Å². The van der Waals surface area contributed by atoms with E-state index >= 15 is 0 Å². The quantitative estimate of drug-likeness (QED) is 0.390. The molecule has 1 amide bonds. The first kappa shape index (κ1) is 16.8. The molecule has 1 atom stereocenters. The first-order valence-corrected chi connectivity index (χ1v) is 7.37. The number of nitrogen functional groups attached to an aromatic ring is 1. The van der Waals surface area contributed by atoms with E-state index in [-0.39, 0.29) is 17.4 Å². The molecule has 1 aliphatic heterocycles. The van der Waals surface area contributed by atoms with Gasteiger partial charge in [-0.3, -0.25) is 15.0 Å². The molecule has 1 aromatic carbocycles. The summed E-state index contributed by atoms with van der Waals surface area (Å²) in [5.41, 5.74) is 5.88. The molecule has 1 aromatic rings. The Balaban J connectivity index is 2.28. The van der Waals surface area contributed by atoms with Crippen molar-refractivity contribution >= 4 is 17.5 Å². The smallest absolute Gasteiger partial charge is 0.411 e. The number of ether oxygens (including phenoxy) is 1. The van der Waals surface area contributed by atoms with Gasteiger partial charge in [0.15, 0.2) is 0 Å². The van der Waals surface area contributed by atoms with E-state index in [0.29, 0.717) is 13.0 Å². The highest BCUT2D eigenvalue weighted by molar-refractivity contribution is 5.70. The summed E-state index contributed by atoms with van der Waals surface area (Å²) in [7, 11) is 0. The van der Waals surface area contributed by atoms with Gasteiger partial charge in [-0.25, -0.2) is 4.79 Å². The molecule has 0 bridgehead atoms. The van der Waals surface area contributed by atoms with E-state index in [2.05, 4.69) is 0 Å². The van der Waals surface area contributed by atoms with Crippen molar-refractivity contribution in [1.82, 2.24) is 4.90 Å². The van der Waals surface area contributed by atoms with E-state index < -0.39 is 16.6 Å². The summed E-state index contributed by atoms with van der Waals surface area (Å²) < 4.78 is 5.43. The third kappa shape index (κ3) is 4.00. The summed E-state index contributed by atoms with van der Waals surface area (Å²) >= 11 is 0. The van der Waals surface area contributed by atoms with E-state index in [0.717, 1.165) is 5.56 Å². The van der Waals surface area contributed by atoms with Gasteiger partial charge in [0.2, 0.25) is 0 Å². The van der Waals surface area contributed by atoms with Gasteiger partial charge in [0.25, 0.3) is 5.69 Å². The van der Waals surface area contributed by atoms with Crippen molar-refractivity contribution in [2.24, 2.45) is 0 Å². The normalized spacial score (nSPS) is 17.9. The van der Waals surface area contributed by atoms with Crippen molar-refractivity contribution in [1.29, 1.82) is 0 Å². The van der Waals surface area contributed by atoms with E-state index in [9.17, 15) is 14.9 Å². The Morgan fingerprint density at radius 3 is 2.65 bits per heavy atom. The molecule has 0 aromatic heterocycles. The molecular formula is C16H21N3O4. The van der Waals surface area contributed by atoms with E-state index in [1.807, 2.05) is 32.9 Å². The van der Waals surface area contributed by atoms with E-state index in [4.69, 9.17) is 10.5 Å². The number of nitro benzene ring substituents is 1. The minimum Gasteiger partial charge on any atom is -0.444 e. The topological polar surface area (TPSA) is 98.7 Å². The lowest BCUT2D eigenvalue weighted by atomic mass is 9.98. The summed E-state index contributed by atoms with van der Waals surface area (Å²) in [6.45, 7) is 5.85. The Bertz CT molecular complexity index is 649. The van der Waals surface area contributed by atoms with Gasteiger partial charge in [0.1, 0.15) is 11.3 Å². The van der Waals surface area contributed by atoms with Gasteiger partial charge >= 0.3 is 6.09 Å². The zero-order valence-corrected chi connectivity index (χ0v) is 13.5.